The predicted molar refractivity (Wildman–Crippen MR) is 119 cm³/mol. The van der Waals surface area contributed by atoms with Crippen LogP contribution in [0.3, 0.4) is 0 Å². The maximum atomic E-state index is 13.0. The van der Waals surface area contributed by atoms with Crippen molar-refractivity contribution in [2.45, 2.75) is 18.4 Å². The summed E-state index contributed by atoms with van der Waals surface area (Å²) in [5, 5.41) is 11.9. The lowest BCUT2D eigenvalue weighted by atomic mass is 9.84. The minimum absolute atomic E-state index is 0.124. The minimum Gasteiger partial charge on any atom is -0.385 e. The number of thiazole rings is 1. The third kappa shape index (κ3) is 4.44. The number of hydrogen-bond acceptors (Lipinski definition) is 6. The van der Waals surface area contributed by atoms with Crippen molar-refractivity contribution in [2.24, 2.45) is 0 Å². The van der Waals surface area contributed by atoms with E-state index in [0.29, 0.717) is 42.0 Å². The Bertz CT molecular complexity index is 1200. The molecule has 0 saturated carbocycles. The molecule has 2 aromatic carbocycles. The number of carbonyl (C=O) groups excluding carboxylic acids is 1. The quantitative estimate of drug-likeness (QED) is 0.614. The van der Waals surface area contributed by atoms with Gasteiger partial charge in [0.05, 0.1) is 22.1 Å². The van der Waals surface area contributed by atoms with Crippen molar-refractivity contribution in [3.8, 4) is 0 Å². The Morgan fingerprint density at radius 3 is 2.50 bits per heavy atom. The molecule has 7 nitrogen and oxygen atoms in total. The van der Waals surface area contributed by atoms with Gasteiger partial charge in [0.1, 0.15) is 0 Å². The van der Waals surface area contributed by atoms with Gasteiger partial charge in [0.15, 0.2) is 5.13 Å². The Morgan fingerprint density at radius 1 is 1.20 bits per heavy atom. The highest BCUT2D eigenvalue weighted by Gasteiger charge is 2.35. The van der Waals surface area contributed by atoms with E-state index < -0.39 is 15.6 Å². The Labute approximate surface area is 183 Å². The molecule has 0 atom stereocenters. The van der Waals surface area contributed by atoms with Crippen molar-refractivity contribution in [1.29, 1.82) is 0 Å². The van der Waals surface area contributed by atoms with Crippen LogP contribution in [0.2, 0.25) is 5.02 Å². The van der Waals surface area contributed by atoms with Gasteiger partial charge >= 0.3 is 0 Å². The molecule has 1 aliphatic heterocycles. The highest BCUT2D eigenvalue weighted by molar-refractivity contribution is 7.92. The zero-order valence-corrected chi connectivity index (χ0v) is 18.5. The SMILES string of the molecule is CS(=O)(=O)Nc1nc2ccc(C(=O)N3CCC(O)(c4ccc(Cl)cc4)CC3)cc2s1. The first-order chi connectivity index (χ1) is 14.1. The lowest BCUT2D eigenvalue weighted by Crippen LogP contribution is -2.45. The number of rotatable bonds is 4. The second-order valence-corrected chi connectivity index (χ2v) is 10.6. The average molecular weight is 466 g/mol. The van der Waals surface area contributed by atoms with Crippen molar-refractivity contribution in [3.05, 3.63) is 58.6 Å². The van der Waals surface area contributed by atoms with Crippen LogP contribution in [-0.4, -0.2) is 48.7 Å². The second kappa shape index (κ2) is 7.81. The average Bonchev–Trinajstić information content (AvgIpc) is 3.08. The Hall–Kier alpha value is -2.20. The third-order valence-electron chi connectivity index (χ3n) is 5.17. The first-order valence-electron chi connectivity index (χ1n) is 9.29. The zero-order chi connectivity index (χ0) is 21.5. The number of benzene rings is 2. The maximum absolute atomic E-state index is 13.0. The summed E-state index contributed by atoms with van der Waals surface area (Å²) in [4.78, 5) is 18.9. The number of sulfonamides is 1. The summed E-state index contributed by atoms with van der Waals surface area (Å²) in [5.74, 6) is -0.124. The van der Waals surface area contributed by atoms with Crippen molar-refractivity contribution in [1.82, 2.24) is 9.88 Å². The fourth-order valence-corrected chi connectivity index (χ4v) is 5.44. The fourth-order valence-electron chi connectivity index (χ4n) is 3.57. The first kappa shape index (κ1) is 21.0. The number of amides is 1. The van der Waals surface area contributed by atoms with Gasteiger partial charge in [0, 0.05) is 23.7 Å². The molecule has 3 aromatic rings. The highest BCUT2D eigenvalue weighted by Crippen LogP contribution is 2.34. The zero-order valence-electron chi connectivity index (χ0n) is 16.1. The van der Waals surface area contributed by atoms with Crippen LogP contribution in [0.4, 0.5) is 5.13 Å². The Morgan fingerprint density at radius 2 is 1.87 bits per heavy atom. The van der Waals surface area contributed by atoms with Gasteiger partial charge in [-0.05, 0) is 48.7 Å². The normalized spacial score (nSPS) is 16.6. The number of aromatic nitrogens is 1. The van der Waals surface area contributed by atoms with E-state index in [0.717, 1.165) is 16.5 Å². The molecule has 0 spiro atoms. The molecular formula is C20H20ClN3O4S2. The summed E-state index contributed by atoms with van der Waals surface area (Å²) in [6.45, 7) is 0.860. The van der Waals surface area contributed by atoms with Crippen LogP contribution in [0, 0.1) is 0 Å². The van der Waals surface area contributed by atoms with E-state index in [4.69, 9.17) is 11.6 Å². The first-order valence-corrected chi connectivity index (χ1v) is 12.4. The largest absolute Gasteiger partial charge is 0.385 e. The van der Waals surface area contributed by atoms with Crippen molar-refractivity contribution in [2.75, 3.05) is 24.1 Å². The molecule has 2 heterocycles. The molecular weight excluding hydrogens is 446 g/mol. The minimum atomic E-state index is -3.41. The molecule has 1 aliphatic rings. The summed E-state index contributed by atoms with van der Waals surface area (Å²) in [6.07, 6.45) is 1.94. The van der Waals surface area contributed by atoms with Crippen LogP contribution < -0.4 is 4.72 Å². The summed E-state index contributed by atoms with van der Waals surface area (Å²) >= 11 is 7.11. The number of nitrogens with one attached hydrogen (secondary N) is 1. The Kier molecular flexibility index (Phi) is 5.48. The molecule has 0 unspecified atom stereocenters. The number of piperidine rings is 1. The number of halogens is 1. The monoisotopic (exact) mass is 465 g/mol. The van der Waals surface area contributed by atoms with Crippen LogP contribution >= 0.6 is 22.9 Å². The molecule has 1 amide bonds. The van der Waals surface area contributed by atoms with E-state index in [2.05, 4.69) is 9.71 Å². The van der Waals surface area contributed by atoms with E-state index in [1.54, 1.807) is 35.2 Å². The number of carbonyl (C=O) groups is 1. The number of nitrogens with zero attached hydrogens (tertiary/aromatic N) is 2. The number of hydrogen-bond donors (Lipinski definition) is 2. The summed E-state index contributed by atoms with van der Waals surface area (Å²) in [5.41, 5.74) is 0.957. The third-order valence-corrected chi connectivity index (χ3v) is 7.05. The van der Waals surface area contributed by atoms with Gasteiger partial charge < -0.3 is 10.0 Å². The van der Waals surface area contributed by atoms with E-state index >= 15 is 0 Å². The number of anilines is 1. The molecule has 4 rings (SSSR count). The molecule has 0 radical (unpaired) electrons. The molecule has 1 saturated heterocycles. The highest BCUT2D eigenvalue weighted by atomic mass is 35.5. The topological polar surface area (TPSA) is 99.6 Å². The van der Waals surface area contributed by atoms with Crippen molar-refractivity contribution < 1.29 is 18.3 Å². The maximum Gasteiger partial charge on any atom is 0.253 e. The molecule has 30 heavy (non-hydrogen) atoms. The smallest absolute Gasteiger partial charge is 0.253 e. The lowest BCUT2D eigenvalue weighted by molar-refractivity contribution is -0.0211. The van der Waals surface area contributed by atoms with Crippen molar-refractivity contribution >= 4 is 54.2 Å². The summed E-state index contributed by atoms with van der Waals surface area (Å²) in [6, 6.07) is 12.3. The van der Waals surface area contributed by atoms with Gasteiger partial charge in [-0.3, -0.25) is 9.52 Å². The lowest BCUT2D eigenvalue weighted by Gasteiger charge is -2.38. The molecule has 10 heteroatoms. The number of likely N-dealkylation sites (tertiary alicyclic amines) is 1. The van der Waals surface area contributed by atoms with E-state index in [9.17, 15) is 18.3 Å². The standard InChI is InChI=1S/C20H20ClN3O4S2/c1-30(27,28)23-19-22-16-7-2-13(12-17(16)29-19)18(25)24-10-8-20(26,9-11-24)14-3-5-15(21)6-4-14/h2-7,12,26H,8-11H2,1H3,(H,22,23). The van der Waals surface area contributed by atoms with Gasteiger partial charge in [0.25, 0.3) is 5.91 Å². The van der Waals surface area contributed by atoms with E-state index in [1.807, 2.05) is 12.1 Å². The van der Waals surface area contributed by atoms with Gasteiger partial charge in [0.2, 0.25) is 10.0 Å². The van der Waals surface area contributed by atoms with Gasteiger partial charge in [-0.2, -0.15) is 0 Å². The van der Waals surface area contributed by atoms with Crippen LogP contribution in [-0.2, 0) is 15.6 Å². The van der Waals surface area contributed by atoms with Crippen LogP contribution in [0.25, 0.3) is 10.2 Å². The van der Waals surface area contributed by atoms with E-state index in [-0.39, 0.29) is 11.0 Å². The van der Waals surface area contributed by atoms with Gasteiger partial charge in [-0.15, -0.1) is 0 Å². The van der Waals surface area contributed by atoms with Gasteiger partial charge in [-0.25, -0.2) is 13.4 Å². The Balaban J connectivity index is 1.48. The molecule has 0 aliphatic carbocycles. The van der Waals surface area contributed by atoms with Crippen molar-refractivity contribution in [3.63, 3.8) is 0 Å². The van der Waals surface area contributed by atoms with Crippen LogP contribution in [0.15, 0.2) is 42.5 Å². The van der Waals surface area contributed by atoms with E-state index in [1.165, 1.54) is 11.3 Å². The molecule has 1 fully saturated rings. The predicted octanol–water partition coefficient (Wildman–Crippen LogP) is 3.45. The summed E-state index contributed by atoms with van der Waals surface area (Å²) in [7, 11) is -3.41. The van der Waals surface area contributed by atoms with Crippen LogP contribution in [0.5, 0.6) is 0 Å². The molecule has 158 valence electrons. The molecule has 0 bridgehead atoms. The number of aliphatic hydroxyl groups is 1. The molecule has 2 N–H and O–H groups in total. The number of fused-ring (bicyclic) bond motifs is 1. The fraction of sp³-hybridized carbons (Fsp3) is 0.300. The molecule has 1 aromatic heterocycles. The van der Waals surface area contributed by atoms with Crippen LogP contribution in [0.1, 0.15) is 28.8 Å². The second-order valence-electron chi connectivity index (χ2n) is 7.41. The summed E-state index contributed by atoms with van der Waals surface area (Å²) < 4.78 is 25.9. The van der Waals surface area contributed by atoms with Gasteiger partial charge in [-0.1, -0.05) is 35.1 Å².